The van der Waals surface area contributed by atoms with Gasteiger partial charge < -0.3 is 13.9 Å². The predicted octanol–water partition coefficient (Wildman–Crippen LogP) is 1.83. The minimum Gasteiger partial charge on any atom is -0.490 e. The van der Waals surface area contributed by atoms with Crippen LogP contribution in [0.2, 0.25) is 0 Å². The number of methoxy groups -OCH3 is 1. The lowest BCUT2D eigenvalue weighted by Crippen LogP contribution is -2.04. The van der Waals surface area contributed by atoms with Gasteiger partial charge in [-0.3, -0.25) is 10.1 Å². The number of esters is 1. The molecular weight excluding hydrogens is 282 g/mol. The third-order valence-electron chi connectivity index (χ3n) is 2.50. The Morgan fingerprint density at radius 3 is 2.81 bits per heavy atom. The monoisotopic (exact) mass is 293 g/mol. The smallest absolute Gasteiger partial charge is 0.396 e. The Labute approximate surface area is 118 Å². The molecule has 9 nitrogen and oxygen atoms in total. The minimum atomic E-state index is -0.763. The van der Waals surface area contributed by atoms with Crippen molar-refractivity contribution in [2.75, 3.05) is 13.7 Å². The highest BCUT2D eigenvalue weighted by molar-refractivity contribution is 5.84. The summed E-state index contributed by atoms with van der Waals surface area (Å²) in [5.74, 6) is -1.19. The van der Waals surface area contributed by atoms with E-state index >= 15 is 0 Å². The zero-order valence-corrected chi connectivity index (χ0v) is 11.2. The summed E-state index contributed by atoms with van der Waals surface area (Å²) in [6.07, 6.45) is 0. The topological polar surface area (TPSA) is 118 Å². The summed E-state index contributed by atoms with van der Waals surface area (Å²) in [4.78, 5) is 21.8. The Balaban J connectivity index is 2.45. The molecule has 1 heterocycles. The van der Waals surface area contributed by atoms with E-state index in [4.69, 9.17) is 13.9 Å². The third kappa shape index (κ3) is 2.81. The standard InChI is InChI=1S/C12H11N3O6/c1-3-20-12(16)11-14-13-10(21-11)7-5-4-6-8(15(17)18)9(7)19-2/h4-6H,3H2,1-2H3. The maximum atomic E-state index is 11.5. The maximum absolute atomic E-state index is 11.5. The van der Waals surface area contributed by atoms with Crippen molar-refractivity contribution in [1.29, 1.82) is 0 Å². The van der Waals surface area contributed by atoms with Gasteiger partial charge in [0.2, 0.25) is 5.75 Å². The normalized spacial score (nSPS) is 10.2. The third-order valence-corrected chi connectivity index (χ3v) is 2.50. The Kier molecular flexibility index (Phi) is 4.12. The van der Waals surface area contributed by atoms with Crippen LogP contribution in [0.4, 0.5) is 5.69 Å². The van der Waals surface area contributed by atoms with Crippen molar-refractivity contribution in [3.8, 4) is 17.2 Å². The van der Waals surface area contributed by atoms with E-state index < -0.39 is 10.9 Å². The van der Waals surface area contributed by atoms with Crippen LogP contribution in [0.25, 0.3) is 11.5 Å². The fraction of sp³-hybridized carbons (Fsp3) is 0.250. The van der Waals surface area contributed by atoms with Crippen LogP contribution in [0.3, 0.4) is 0 Å². The number of nitrogens with zero attached hydrogens (tertiary/aromatic N) is 3. The number of rotatable bonds is 5. The summed E-state index contributed by atoms with van der Waals surface area (Å²) < 4.78 is 14.9. The SMILES string of the molecule is CCOC(=O)c1nnc(-c2cccc([N+](=O)[O-])c2OC)o1. The van der Waals surface area contributed by atoms with E-state index in [1.54, 1.807) is 6.92 Å². The fourth-order valence-electron chi connectivity index (χ4n) is 1.66. The van der Waals surface area contributed by atoms with Crippen LogP contribution in [0.15, 0.2) is 22.6 Å². The fourth-order valence-corrected chi connectivity index (χ4v) is 1.66. The average Bonchev–Trinajstić information content (AvgIpc) is 2.96. The lowest BCUT2D eigenvalue weighted by molar-refractivity contribution is -0.385. The molecule has 0 saturated carbocycles. The molecule has 0 aliphatic carbocycles. The Morgan fingerprint density at radius 1 is 1.43 bits per heavy atom. The van der Waals surface area contributed by atoms with E-state index in [-0.39, 0.29) is 35.4 Å². The van der Waals surface area contributed by atoms with Crippen molar-refractivity contribution in [2.24, 2.45) is 0 Å². The number of hydrogen-bond acceptors (Lipinski definition) is 8. The van der Waals surface area contributed by atoms with Gasteiger partial charge in [-0.15, -0.1) is 10.2 Å². The summed E-state index contributed by atoms with van der Waals surface area (Å²) >= 11 is 0. The van der Waals surface area contributed by atoms with Gasteiger partial charge in [-0.2, -0.15) is 0 Å². The van der Waals surface area contributed by atoms with Crippen molar-refractivity contribution in [3.63, 3.8) is 0 Å². The van der Waals surface area contributed by atoms with Gasteiger partial charge in [-0.05, 0) is 13.0 Å². The quantitative estimate of drug-likeness (QED) is 0.465. The van der Waals surface area contributed by atoms with E-state index in [0.29, 0.717) is 0 Å². The number of carbonyl (C=O) groups is 1. The molecule has 0 fully saturated rings. The van der Waals surface area contributed by atoms with Gasteiger partial charge in [0.25, 0.3) is 5.89 Å². The molecule has 110 valence electrons. The molecule has 0 spiro atoms. The van der Waals surface area contributed by atoms with E-state index in [2.05, 4.69) is 10.2 Å². The van der Waals surface area contributed by atoms with Gasteiger partial charge in [0.15, 0.2) is 0 Å². The number of para-hydroxylation sites is 1. The highest BCUT2D eigenvalue weighted by atomic mass is 16.6. The van der Waals surface area contributed by atoms with Crippen molar-refractivity contribution >= 4 is 11.7 Å². The summed E-state index contributed by atoms with van der Waals surface area (Å²) in [7, 11) is 1.29. The summed E-state index contributed by atoms with van der Waals surface area (Å²) in [6.45, 7) is 1.80. The first-order valence-corrected chi connectivity index (χ1v) is 5.90. The summed E-state index contributed by atoms with van der Waals surface area (Å²) in [6, 6.07) is 4.24. The van der Waals surface area contributed by atoms with Crippen molar-refractivity contribution < 1.29 is 23.6 Å². The van der Waals surface area contributed by atoms with E-state index in [0.717, 1.165) is 0 Å². The minimum absolute atomic E-state index is 0.0263. The van der Waals surface area contributed by atoms with E-state index in [1.807, 2.05) is 0 Å². The Hall–Kier alpha value is -2.97. The van der Waals surface area contributed by atoms with Gasteiger partial charge in [-0.1, -0.05) is 6.07 Å². The van der Waals surface area contributed by atoms with Crippen molar-refractivity contribution in [1.82, 2.24) is 10.2 Å². The van der Waals surface area contributed by atoms with Crippen LogP contribution >= 0.6 is 0 Å². The van der Waals surface area contributed by atoms with Gasteiger partial charge >= 0.3 is 17.5 Å². The zero-order chi connectivity index (χ0) is 15.4. The van der Waals surface area contributed by atoms with Crippen LogP contribution in [-0.4, -0.2) is 34.8 Å². The molecule has 21 heavy (non-hydrogen) atoms. The van der Waals surface area contributed by atoms with Crippen LogP contribution in [0.1, 0.15) is 17.6 Å². The van der Waals surface area contributed by atoms with Gasteiger partial charge in [-0.25, -0.2) is 4.79 Å². The molecule has 2 rings (SSSR count). The highest BCUT2D eigenvalue weighted by Crippen LogP contribution is 2.36. The Morgan fingerprint density at radius 2 is 2.19 bits per heavy atom. The van der Waals surface area contributed by atoms with Crippen molar-refractivity contribution in [3.05, 3.63) is 34.2 Å². The predicted molar refractivity (Wildman–Crippen MR) is 68.9 cm³/mol. The molecule has 1 aromatic carbocycles. The number of carbonyl (C=O) groups excluding carboxylic acids is 1. The molecule has 1 aromatic heterocycles. The molecule has 0 aliphatic rings. The number of aromatic nitrogens is 2. The van der Waals surface area contributed by atoms with Crippen LogP contribution in [0, 0.1) is 10.1 Å². The molecule has 2 aromatic rings. The lowest BCUT2D eigenvalue weighted by atomic mass is 10.1. The molecule has 0 unspecified atom stereocenters. The molecule has 0 N–H and O–H groups in total. The number of nitro benzene ring substituents is 1. The van der Waals surface area contributed by atoms with Crippen molar-refractivity contribution in [2.45, 2.75) is 6.92 Å². The Bertz CT molecular complexity index is 681. The second kappa shape index (κ2) is 5.99. The number of nitro groups is 1. The van der Waals surface area contributed by atoms with Crippen LogP contribution in [0.5, 0.6) is 5.75 Å². The number of benzene rings is 1. The van der Waals surface area contributed by atoms with Gasteiger partial charge in [0.05, 0.1) is 24.2 Å². The molecule has 9 heteroatoms. The second-order valence-electron chi connectivity index (χ2n) is 3.75. The maximum Gasteiger partial charge on any atom is 0.396 e. The molecule has 0 amide bonds. The zero-order valence-electron chi connectivity index (χ0n) is 11.2. The van der Waals surface area contributed by atoms with Gasteiger partial charge in [0.1, 0.15) is 0 Å². The van der Waals surface area contributed by atoms with E-state index in [9.17, 15) is 14.9 Å². The number of ether oxygens (including phenoxy) is 2. The number of hydrogen-bond donors (Lipinski definition) is 0. The molecule has 0 bridgehead atoms. The van der Waals surface area contributed by atoms with E-state index in [1.165, 1.54) is 25.3 Å². The largest absolute Gasteiger partial charge is 0.490 e. The highest BCUT2D eigenvalue weighted by Gasteiger charge is 2.24. The molecule has 0 saturated heterocycles. The second-order valence-corrected chi connectivity index (χ2v) is 3.75. The van der Waals surface area contributed by atoms with Gasteiger partial charge in [0, 0.05) is 6.07 Å². The summed E-state index contributed by atoms with van der Waals surface area (Å²) in [5, 5.41) is 18.2. The summed E-state index contributed by atoms with van der Waals surface area (Å²) in [5.41, 5.74) is -0.0272. The first kappa shape index (κ1) is 14.4. The first-order valence-electron chi connectivity index (χ1n) is 5.90. The van der Waals surface area contributed by atoms with Crippen LogP contribution in [-0.2, 0) is 4.74 Å². The molecule has 0 atom stereocenters. The molecule has 0 aliphatic heterocycles. The lowest BCUT2D eigenvalue weighted by Gasteiger charge is -2.04. The van der Waals surface area contributed by atoms with Crippen LogP contribution < -0.4 is 4.74 Å². The molecular formula is C12H11N3O6. The molecule has 0 radical (unpaired) electrons. The average molecular weight is 293 g/mol. The first-order chi connectivity index (χ1) is 10.1.